The second kappa shape index (κ2) is 5.54. The minimum absolute atomic E-state index is 0.128. The Kier molecular flexibility index (Phi) is 3.76. The number of hydrogen-bond donors (Lipinski definition) is 1. The van der Waals surface area contributed by atoms with E-state index >= 15 is 0 Å². The summed E-state index contributed by atoms with van der Waals surface area (Å²) in [7, 11) is 0. The first kappa shape index (κ1) is 13.6. The number of hydrogen-bond acceptors (Lipinski definition) is 3. The Morgan fingerprint density at radius 1 is 1.30 bits per heavy atom. The highest BCUT2D eigenvalue weighted by Gasteiger charge is 2.39. The second-order valence-electron chi connectivity index (χ2n) is 5.47. The molecule has 2 heterocycles. The number of rotatable bonds is 5. The molecule has 1 aromatic carbocycles. The molecule has 0 radical (unpaired) electrons. The Labute approximate surface area is 124 Å². The normalized spacial score (nSPS) is 16.9. The molecule has 1 saturated heterocycles. The largest absolute Gasteiger partial charge is 0.315 e. The van der Waals surface area contributed by atoms with Gasteiger partial charge >= 0.3 is 0 Å². The highest BCUT2D eigenvalue weighted by Crippen LogP contribution is 2.32. The van der Waals surface area contributed by atoms with Crippen LogP contribution in [0.5, 0.6) is 0 Å². The lowest BCUT2D eigenvalue weighted by Gasteiger charge is -2.43. The van der Waals surface area contributed by atoms with E-state index in [-0.39, 0.29) is 5.41 Å². The highest BCUT2D eigenvalue weighted by atomic mass is 35.5. The van der Waals surface area contributed by atoms with E-state index in [2.05, 4.69) is 34.5 Å². The number of nitrogens with zero attached hydrogens (tertiary/aromatic N) is 3. The lowest BCUT2D eigenvalue weighted by molar-refractivity contribution is 0.266. The van der Waals surface area contributed by atoms with E-state index in [0.717, 1.165) is 43.3 Å². The van der Waals surface area contributed by atoms with Gasteiger partial charge in [-0.05, 0) is 24.1 Å². The van der Waals surface area contributed by atoms with Gasteiger partial charge in [0.1, 0.15) is 12.2 Å². The Balaban J connectivity index is 1.86. The summed E-state index contributed by atoms with van der Waals surface area (Å²) >= 11 is 5.99. The third-order valence-electron chi connectivity index (χ3n) is 4.01. The zero-order chi connectivity index (χ0) is 14.0. The average Bonchev–Trinajstić information content (AvgIpc) is 2.83. The summed E-state index contributed by atoms with van der Waals surface area (Å²) in [6.45, 7) is 5.05. The van der Waals surface area contributed by atoms with Gasteiger partial charge < -0.3 is 5.32 Å². The SMILES string of the molecule is CCCn1ncnc1CC1(c2ccc(Cl)cc2)CNC1. The van der Waals surface area contributed by atoms with Crippen molar-refractivity contribution in [1.29, 1.82) is 0 Å². The molecule has 1 aliphatic rings. The molecule has 1 fully saturated rings. The topological polar surface area (TPSA) is 42.7 Å². The summed E-state index contributed by atoms with van der Waals surface area (Å²) in [5.41, 5.74) is 1.45. The maximum atomic E-state index is 5.99. The Bertz CT molecular complexity index is 572. The van der Waals surface area contributed by atoms with Gasteiger partial charge in [-0.15, -0.1) is 0 Å². The maximum Gasteiger partial charge on any atom is 0.138 e. The molecule has 0 bridgehead atoms. The minimum atomic E-state index is 0.128. The molecule has 4 nitrogen and oxygen atoms in total. The first-order valence-corrected chi connectivity index (χ1v) is 7.45. The van der Waals surface area contributed by atoms with Crippen LogP contribution in [0.4, 0.5) is 0 Å². The van der Waals surface area contributed by atoms with Crippen LogP contribution in [0.1, 0.15) is 24.7 Å². The molecule has 0 saturated carbocycles. The molecule has 0 unspecified atom stereocenters. The molecule has 0 amide bonds. The molecule has 2 aromatic rings. The van der Waals surface area contributed by atoms with Crippen molar-refractivity contribution in [3.63, 3.8) is 0 Å². The highest BCUT2D eigenvalue weighted by molar-refractivity contribution is 6.30. The summed E-state index contributed by atoms with van der Waals surface area (Å²) in [5.74, 6) is 1.07. The van der Waals surface area contributed by atoms with Gasteiger partial charge in [-0.1, -0.05) is 30.7 Å². The quantitative estimate of drug-likeness (QED) is 0.920. The van der Waals surface area contributed by atoms with Gasteiger partial charge in [0.2, 0.25) is 0 Å². The third kappa shape index (κ3) is 2.45. The van der Waals surface area contributed by atoms with Gasteiger partial charge in [0.25, 0.3) is 0 Å². The van der Waals surface area contributed by atoms with Crippen molar-refractivity contribution in [1.82, 2.24) is 20.1 Å². The Morgan fingerprint density at radius 3 is 2.65 bits per heavy atom. The van der Waals surface area contributed by atoms with Gasteiger partial charge in [0.15, 0.2) is 0 Å². The van der Waals surface area contributed by atoms with E-state index in [1.54, 1.807) is 6.33 Å². The van der Waals surface area contributed by atoms with E-state index in [9.17, 15) is 0 Å². The standard InChI is InChI=1S/C15H19ClN4/c1-2-7-20-14(18-11-19-20)8-15(9-17-10-15)12-3-5-13(16)6-4-12/h3-6,11,17H,2,7-10H2,1H3. The molecule has 0 aliphatic carbocycles. The van der Waals surface area contributed by atoms with Crippen LogP contribution in [-0.4, -0.2) is 27.9 Å². The average molecular weight is 291 g/mol. The first-order valence-electron chi connectivity index (χ1n) is 7.07. The molecule has 20 heavy (non-hydrogen) atoms. The van der Waals surface area contributed by atoms with E-state index in [0.29, 0.717) is 0 Å². The molecule has 3 rings (SSSR count). The summed E-state index contributed by atoms with van der Waals surface area (Å²) in [6, 6.07) is 8.19. The molecular formula is C15H19ClN4. The minimum Gasteiger partial charge on any atom is -0.315 e. The van der Waals surface area contributed by atoms with Gasteiger partial charge in [-0.3, -0.25) is 4.68 Å². The van der Waals surface area contributed by atoms with Crippen LogP contribution < -0.4 is 5.32 Å². The second-order valence-corrected chi connectivity index (χ2v) is 5.90. The van der Waals surface area contributed by atoms with E-state index in [1.807, 2.05) is 16.8 Å². The van der Waals surface area contributed by atoms with Gasteiger partial charge in [-0.2, -0.15) is 5.10 Å². The van der Waals surface area contributed by atoms with Crippen LogP contribution in [0.2, 0.25) is 5.02 Å². The molecule has 0 spiro atoms. The van der Waals surface area contributed by atoms with E-state index in [1.165, 1.54) is 5.56 Å². The lowest BCUT2D eigenvalue weighted by atomic mass is 9.72. The van der Waals surface area contributed by atoms with Crippen molar-refractivity contribution < 1.29 is 0 Å². The first-order chi connectivity index (χ1) is 9.73. The number of aryl methyl sites for hydroxylation is 1. The van der Waals surface area contributed by atoms with E-state index < -0.39 is 0 Å². The number of benzene rings is 1. The summed E-state index contributed by atoms with van der Waals surface area (Å²) in [4.78, 5) is 4.44. The summed E-state index contributed by atoms with van der Waals surface area (Å²) in [5, 5.41) is 8.49. The van der Waals surface area contributed by atoms with Crippen molar-refractivity contribution in [2.24, 2.45) is 0 Å². The van der Waals surface area contributed by atoms with Crippen molar-refractivity contribution >= 4 is 11.6 Å². The fourth-order valence-corrected chi connectivity index (χ4v) is 2.91. The maximum absolute atomic E-state index is 5.99. The van der Waals surface area contributed by atoms with Crippen LogP contribution in [0.15, 0.2) is 30.6 Å². The van der Waals surface area contributed by atoms with Gasteiger partial charge in [0.05, 0.1) is 0 Å². The molecule has 106 valence electrons. The predicted molar refractivity (Wildman–Crippen MR) is 80.0 cm³/mol. The Morgan fingerprint density at radius 2 is 2.05 bits per heavy atom. The molecule has 0 atom stereocenters. The van der Waals surface area contributed by atoms with Crippen molar-refractivity contribution in [3.8, 4) is 0 Å². The number of nitrogens with one attached hydrogen (secondary N) is 1. The lowest BCUT2D eigenvalue weighted by Crippen LogP contribution is -2.58. The monoisotopic (exact) mass is 290 g/mol. The van der Waals surface area contributed by atoms with Crippen LogP contribution in [0.3, 0.4) is 0 Å². The van der Waals surface area contributed by atoms with Gasteiger partial charge in [0, 0.05) is 36.5 Å². The zero-order valence-electron chi connectivity index (χ0n) is 11.6. The zero-order valence-corrected chi connectivity index (χ0v) is 12.4. The molecule has 5 heteroatoms. The molecule has 1 aromatic heterocycles. The number of aromatic nitrogens is 3. The third-order valence-corrected chi connectivity index (χ3v) is 4.26. The van der Waals surface area contributed by atoms with Crippen molar-refractivity contribution in [3.05, 3.63) is 47.0 Å². The van der Waals surface area contributed by atoms with Crippen LogP contribution in [-0.2, 0) is 18.4 Å². The molecular weight excluding hydrogens is 272 g/mol. The fraction of sp³-hybridized carbons (Fsp3) is 0.467. The predicted octanol–water partition coefficient (Wildman–Crippen LogP) is 2.43. The molecule has 1 N–H and O–H groups in total. The van der Waals surface area contributed by atoms with Crippen molar-refractivity contribution in [2.45, 2.75) is 31.7 Å². The van der Waals surface area contributed by atoms with Crippen molar-refractivity contribution in [2.75, 3.05) is 13.1 Å². The van der Waals surface area contributed by atoms with E-state index in [4.69, 9.17) is 11.6 Å². The smallest absolute Gasteiger partial charge is 0.138 e. The Hall–Kier alpha value is -1.39. The van der Waals surface area contributed by atoms with Crippen LogP contribution in [0.25, 0.3) is 0 Å². The summed E-state index contributed by atoms with van der Waals surface area (Å²) in [6.07, 6.45) is 3.65. The van der Waals surface area contributed by atoms with Crippen LogP contribution in [0, 0.1) is 0 Å². The summed E-state index contributed by atoms with van der Waals surface area (Å²) < 4.78 is 2.02. The van der Waals surface area contributed by atoms with Gasteiger partial charge in [-0.25, -0.2) is 4.98 Å². The van der Waals surface area contributed by atoms with Crippen LogP contribution >= 0.6 is 11.6 Å². The molecule has 1 aliphatic heterocycles. The fourth-order valence-electron chi connectivity index (χ4n) is 2.79. The number of halogens is 1.